The lowest BCUT2D eigenvalue weighted by molar-refractivity contribution is 0.0654. The Labute approximate surface area is 128 Å². The molecule has 3 rings (SSSR count). The van der Waals surface area contributed by atoms with Gasteiger partial charge in [-0.05, 0) is 31.7 Å². The fourth-order valence-electron chi connectivity index (χ4n) is 2.51. The number of amides is 1. The number of aromatic nitrogens is 4. The molecule has 1 saturated heterocycles. The van der Waals surface area contributed by atoms with E-state index in [9.17, 15) is 4.79 Å². The average molecular weight is 301 g/mol. The molecular formula is C15H19N5O2. The number of aromatic amines is 1. The van der Waals surface area contributed by atoms with E-state index in [2.05, 4.69) is 20.2 Å². The minimum Gasteiger partial charge on any atom is -0.476 e. The second kappa shape index (κ2) is 6.55. The van der Waals surface area contributed by atoms with E-state index in [1.54, 1.807) is 6.20 Å². The molecule has 22 heavy (non-hydrogen) atoms. The molecule has 0 radical (unpaired) electrons. The average Bonchev–Trinajstić information content (AvgIpc) is 3.09. The number of H-pyrrole nitrogens is 1. The van der Waals surface area contributed by atoms with Crippen molar-refractivity contribution >= 4 is 5.91 Å². The minimum absolute atomic E-state index is 0.0151. The Bertz CT molecular complexity index is 603. The smallest absolute Gasteiger partial charge is 0.271 e. The van der Waals surface area contributed by atoms with Crippen molar-refractivity contribution in [3.05, 3.63) is 36.0 Å². The summed E-state index contributed by atoms with van der Waals surface area (Å²) in [5, 5.41) is 7.96. The third kappa shape index (κ3) is 3.41. The molecule has 7 heteroatoms. The van der Waals surface area contributed by atoms with Gasteiger partial charge in [0.1, 0.15) is 5.69 Å². The lowest BCUT2D eigenvalue weighted by atomic mass is 9.97. The van der Waals surface area contributed by atoms with Crippen LogP contribution in [0.25, 0.3) is 0 Å². The Hall–Kier alpha value is -2.44. The molecule has 1 aliphatic heterocycles. The van der Waals surface area contributed by atoms with Crippen molar-refractivity contribution in [3.63, 3.8) is 0 Å². The number of carbonyl (C=O) groups is 1. The molecule has 0 unspecified atom stereocenters. The Kier molecular flexibility index (Phi) is 4.32. The summed E-state index contributed by atoms with van der Waals surface area (Å²) >= 11 is 0. The largest absolute Gasteiger partial charge is 0.476 e. The zero-order chi connectivity index (χ0) is 15.4. The van der Waals surface area contributed by atoms with Crippen molar-refractivity contribution < 1.29 is 9.53 Å². The second-order valence-corrected chi connectivity index (χ2v) is 5.52. The third-order valence-electron chi connectivity index (χ3n) is 3.87. The summed E-state index contributed by atoms with van der Waals surface area (Å²) < 4.78 is 5.68. The van der Waals surface area contributed by atoms with Crippen LogP contribution in [0.1, 0.15) is 29.0 Å². The number of ether oxygens (including phenoxy) is 1. The molecule has 3 heterocycles. The van der Waals surface area contributed by atoms with Crippen LogP contribution in [-0.4, -0.2) is 50.7 Å². The summed E-state index contributed by atoms with van der Waals surface area (Å²) in [7, 11) is 0. The SMILES string of the molecule is Cc1ccc(OCC2CCN(C(=O)c3cnc[nH]3)CC2)nn1. The van der Waals surface area contributed by atoms with Gasteiger partial charge in [-0.3, -0.25) is 4.79 Å². The molecule has 0 atom stereocenters. The van der Waals surface area contributed by atoms with Gasteiger partial charge in [-0.25, -0.2) is 4.98 Å². The normalized spacial score (nSPS) is 15.8. The number of nitrogens with zero attached hydrogens (tertiary/aromatic N) is 4. The van der Waals surface area contributed by atoms with Crippen molar-refractivity contribution in [3.8, 4) is 5.88 Å². The number of rotatable bonds is 4. The summed E-state index contributed by atoms with van der Waals surface area (Å²) in [6.45, 7) is 3.99. The molecular weight excluding hydrogens is 282 g/mol. The molecule has 2 aromatic heterocycles. The van der Waals surface area contributed by atoms with E-state index < -0.39 is 0 Å². The standard InChI is InChI=1S/C15H19N5O2/c1-11-2-3-14(19-18-11)22-9-12-4-6-20(7-5-12)15(21)13-8-16-10-17-13/h2-3,8,10,12H,4-7,9H2,1H3,(H,16,17). The maximum Gasteiger partial charge on any atom is 0.271 e. The van der Waals surface area contributed by atoms with Crippen LogP contribution < -0.4 is 4.74 Å². The zero-order valence-electron chi connectivity index (χ0n) is 12.5. The summed E-state index contributed by atoms with van der Waals surface area (Å²) in [6, 6.07) is 3.72. The molecule has 0 aliphatic carbocycles. The molecule has 1 aliphatic rings. The van der Waals surface area contributed by atoms with E-state index in [4.69, 9.17) is 4.74 Å². The van der Waals surface area contributed by atoms with Gasteiger partial charge in [0.05, 0.1) is 24.8 Å². The van der Waals surface area contributed by atoms with Crippen molar-refractivity contribution in [2.75, 3.05) is 19.7 Å². The van der Waals surface area contributed by atoms with Gasteiger partial charge in [0.15, 0.2) is 0 Å². The number of imidazole rings is 1. The number of piperidine rings is 1. The summed E-state index contributed by atoms with van der Waals surface area (Å²) in [4.78, 5) is 20.8. The van der Waals surface area contributed by atoms with E-state index in [-0.39, 0.29) is 5.91 Å². The molecule has 1 amide bonds. The van der Waals surface area contributed by atoms with Crippen molar-refractivity contribution in [1.29, 1.82) is 0 Å². The Balaban J connectivity index is 1.45. The Morgan fingerprint density at radius 3 is 2.82 bits per heavy atom. The van der Waals surface area contributed by atoms with E-state index >= 15 is 0 Å². The van der Waals surface area contributed by atoms with Gasteiger partial charge < -0.3 is 14.6 Å². The van der Waals surface area contributed by atoms with Crippen LogP contribution in [0.5, 0.6) is 5.88 Å². The lowest BCUT2D eigenvalue weighted by Gasteiger charge is -2.31. The highest BCUT2D eigenvalue weighted by Crippen LogP contribution is 2.19. The zero-order valence-corrected chi connectivity index (χ0v) is 12.5. The van der Waals surface area contributed by atoms with Gasteiger partial charge in [-0.15, -0.1) is 5.10 Å². The summed E-state index contributed by atoms with van der Waals surface area (Å²) in [6.07, 6.45) is 4.95. The quantitative estimate of drug-likeness (QED) is 0.923. The third-order valence-corrected chi connectivity index (χ3v) is 3.87. The molecule has 0 spiro atoms. The van der Waals surface area contributed by atoms with Crippen LogP contribution in [-0.2, 0) is 0 Å². The number of hydrogen-bond donors (Lipinski definition) is 1. The highest BCUT2D eigenvalue weighted by Gasteiger charge is 2.24. The summed E-state index contributed by atoms with van der Waals surface area (Å²) in [5.41, 5.74) is 1.42. The highest BCUT2D eigenvalue weighted by molar-refractivity contribution is 5.92. The number of likely N-dealkylation sites (tertiary alicyclic amines) is 1. The van der Waals surface area contributed by atoms with Gasteiger partial charge in [0, 0.05) is 19.2 Å². The molecule has 0 bridgehead atoms. The van der Waals surface area contributed by atoms with Crippen LogP contribution >= 0.6 is 0 Å². The van der Waals surface area contributed by atoms with Gasteiger partial charge in [0.25, 0.3) is 5.91 Å². The fourth-order valence-corrected chi connectivity index (χ4v) is 2.51. The Morgan fingerprint density at radius 2 is 2.18 bits per heavy atom. The molecule has 2 aromatic rings. The molecule has 116 valence electrons. The van der Waals surface area contributed by atoms with Gasteiger partial charge >= 0.3 is 0 Å². The maximum absolute atomic E-state index is 12.2. The lowest BCUT2D eigenvalue weighted by Crippen LogP contribution is -2.39. The van der Waals surface area contributed by atoms with E-state index in [1.807, 2.05) is 24.0 Å². The minimum atomic E-state index is 0.0151. The molecule has 0 saturated carbocycles. The molecule has 1 N–H and O–H groups in total. The van der Waals surface area contributed by atoms with Crippen LogP contribution in [0.2, 0.25) is 0 Å². The maximum atomic E-state index is 12.2. The van der Waals surface area contributed by atoms with Crippen molar-refractivity contribution in [2.24, 2.45) is 5.92 Å². The van der Waals surface area contributed by atoms with E-state index in [0.29, 0.717) is 24.1 Å². The van der Waals surface area contributed by atoms with Gasteiger partial charge in [-0.1, -0.05) is 0 Å². The molecule has 0 aromatic carbocycles. The monoisotopic (exact) mass is 301 g/mol. The molecule has 7 nitrogen and oxygen atoms in total. The van der Waals surface area contributed by atoms with E-state index in [1.165, 1.54) is 6.33 Å². The predicted octanol–water partition coefficient (Wildman–Crippen LogP) is 1.44. The number of nitrogens with one attached hydrogen (secondary N) is 1. The van der Waals surface area contributed by atoms with Crippen LogP contribution in [0.4, 0.5) is 0 Å². The fraction of sp³-hybridized carbons (Fsp3) is 0.467. The van der Waals surface area contributed by atoms with Crippen LogP contribution in [0.15, 0.2) is 24.7 Å². The van der Waals surface area contributed by atoms with Crippen molar-refractivity contribution in [1.82, 2.24) is 25.1 Å². The summed E-state index contributed by atoms with van der Waals surface area (Å²) in [5.74, 6) is 1.01. The van der Waals surface area contributed by atoms with Crippen LogP contribution in [0, 0.1) is 12.8 Å². The second-order valence-electron chi connectivity index (χ2n) is 5.52. The first kappa shape index (κ1) is 14.5. The first-order valence-corrected chi connectivity index (χ1v) is 7.43. The van der Waals surface area contributed by atoms with Crippen molar-refractivity contribution in [2.45, 2.75) is 19.8 Å². The van der Waals surface area contributed by atoms with Gasteiger partial charge in [0.2, 0.25) is 5.88 Å². The molecule has 1 fully saturated rings. The first-order valence-electron chi connectivity index (χ1n) is 7.43. The number of aryl methyl sites for hydroxylation is 1. The van der Waals surface area contributed by atoms with Crippen LogP contribution in [0.3, 0.4) is 0 Å². The van der Waals surface area contributed by atoms with E-state index in [0.717, 1.165) is 31.6 Å². The first-order chi connectivity index (χ1) is 10.7. The predicted molar refractivity (Wildman–Crippen MR) is 79.5 cm³/mol. The number of carbonyl (C=O) groups excluding carboxylic acids is 1. The topological polar surface area (TPSA) is 84.0 Å². The highest BCUT2D eigenvalue weighted by atomic mass is 16.5. The van der Waals surface area contributed by atoms with Gasteiger partial charge in [-0.2, -0.15) is 5.10 Å². The Morgan fingerprint density at radius 1 is 1.36 bits per heavy atom. The number of hydrogen-bond acceptors (Lipinski definition) is 5.